The van der Waals surface area contributed by atoms with Crippen molar-refractivity contribution in [3.8, 4) is 5.75 Å². The van der Waals surface area contributed by atoms with Crippen molar-refractivity contribution in [3.63, 3.8) is 0 Å². The lowest BCUT2D eigenvalue weighted by Crippen LogP contribution is -2.24. The van der Waals surface area contributed by atoms with Crippen molar-refractivity contribution in [3.05, 3.63) is 52.5 Å². The molecule has 2 aromatic carbocycles. The molecule has 0 saturated carbocycles. The predicted octanol–water partition coefficient (Wildman–Crippen LogP) is 4.18. The minimum atomic E-state index is -4.60. The number of carbonyl (C=O) groups excluding carboxylic acids is 1. The van der Waals surface area contributed by atoms with Gasteiger partial charge in [-0.2, -0.15) is 13.2 Å². The van der Waals surface area contributed by atoms with E-state index in [0.29, 0.717) is 5.56 Å². The maximum atomic E-state index is 12.6. The second-order valence-electron chi connectivity index (χ2n) is 5.61. The maximum absolute atomic E-state index is 12.6. The van der Waals surface area contributed by atoms with Gasteiger partial charge >= 0.3 is 6.18 Å². The molecule has 1 amide bonds. The van der Waals surface area contributed by atoms with Crippen LogP contribution in [0.25, 0.3) is 0 Å². The Bertz CT molecular complexity index is 901. The average Bonchev–Trinajstić information content (AvgIpc) is 2.90. The summed E-state index contributed by atoms with van der Waals surface area (Å²) >= 11 is 6.21. The molecule has 1 aliphatic rings. The van der Waals surface area contributed by atoms with E-state index in [-0.39, 0.29) is 33.8 Å². The third-order valence-corrected chi connectivity index (χ3v) is 5.59. The third-order valence-electron chi connectivity index (χ3n) is 3.89. The molecular weight excluding hydrogens is 391 g/mol. The molecule has 1 unspecified atom stereocenters. The van der Waals surface area contributed by atoms with Crippen molar-refractivity contribution in [1.29, 1.82) is 0 Å². The highest BCUT2D eigenvalue weighted by molar-refractivity contribution is 7.85. The number of rotatable bonds is 4. The number of halogens is 4. The Balaban J connectivity index is 2.03. The highest BCUT2D eigenvalue weighted by Gasteiger charge is 2.34. The number of ether oxygens (including phenoxy) is 1. The number of methoxy groups -OCH3 is 1. The van der Waals surface area contributed by atoms with Gasteiger partial charge in [0.25, 0.3) is 5.91 Å². The minimum Gasteiger partial charge on any atom is -0.495 e. The Morgan fingerprint density at radius 3 is 2.58 bits per heavy atom. The van der Waals surface area contributed by atoms with Gasteiger partial charge in [-0.25, -0.2) is 0 Å². The van der Waals surface area contributed by atoms with Gasteiger partial charge in [0.05, 0.1) is 40.1 Å². The highest BCUT2D eigenvalue weighted by atomic mass is 35.5. The molecule has 0 fully saturated rings. The summed E-state index contributed by atoms with van der Waals surface area (Å²) in [4.78, 5) is 13.8. The Hall–Kier alpha value is -2.06. The van der Waals surface area contributed by atoms with Gasteiger partial charge in [0.15, 0.2) is 0 Å². The van der Waals surface area contributed by atoms with Crippen LogP contribution in [0.3, 0.4) is 0 Å². The van der Waals surface area contributed by atoms with Crippen LogP contribution in [-0.2, 0) is 17.3 Å². The Labute approximate surface area is 155 Å². The van der Waals surface area contributed by atoms with E-state index in [1.165, 1.54) is 24.1 Å². The van der Waals surface area contributed by atoms with Crippen LogP contribution in [0.5, 0.6) is 5.75 Å². The van der Waals surface area contributed by atoms with Crippen molar-refractivity contribution in [1.82, 2.24) is 0 Å². The van der Waals surface area contributed by atoms with E-state index in [0.717, 1.165) is 5.56 Å². The highest BCUT2D eigenvalue weighted by Crippen LogP contribution is 2.39. The number of amides is 1. The van der Waals surface area contributed by atoms with Crippen molar-refractivity contribution >= 4 is 34.0 Å². The molecule has 9 heteroatoms. The van der Waals surface area contributed by atoms with Crippen LogP contribution in [0.4, 0.5) is 18.9 Å². The first-order chi connectivity index (χ1) is 12.2. The fourth-order valence-corrected chi connectivity index (χ4v) is 4.06. The second-order valence-corrected chi connectivity index (χ2v) is 7.43. The number of alkyl halides is 3. The van der Waals surface area contributed by atoms with Gasteiger partial charge in [0.2, 0.25) is 0 Å². The summed E-state index contributed by atoms with van der Waals surface area (Å²) in [7, 11) is -1.14. The van der Waals surface area contributed by atoms with Crippen LogP contribution in [0.1, 0.15) is 15.9 Å². The van der Waals surface area contributed by atoms with E-state index in [1.54, 1.807) is 24.3 Å². The van der Waals surface area contributed by atoms with Crippen molar-refractivity contribution in [2.24, 2.45) is 0 Å². The number of carbonyl (C=O) groups is 1. The SMILES string of the molecule is COc1cc(Cl)c(N2Cc3ccccc3C2=O)cc1S(=O)CC(F)(F)F. The molecule has 0 aromatic heterocycles. The van der Waals surface area contributed by atoms with E-state index in [4.69, 9.17) is 16.3 Å². The minimum absolute atomic E-state index is 0.0227. The normalized spacial score (nSPS) is 15.1. The largest absolute Gasteiger partial charge is 0.495 e. The number of benzene rings is 2. The summed E-state index contributed by atoms with van der Waals surface area (Å²) in [6, 6.07) is 9.46. The van der Waals surface area contributed by atoms with E-state index >= 15 is 0 Å². The zero-order valence-electron chi connectivity index (χ0n) is 13.5. The molecule has 4 nitrogen and oxygen atoms in total. The van der Waals surface area contributed by atoms with Gasteiger partial charge < -0.3 is 9.64 Å². The monoisotopic (exact) mass is 403 g/mol. The Morgan fingerprint density at radius 2 is 1.96 bits per heavy atom. The fourth-order valence-electron chi connectivity index (χ4n) is 2.74. The van der Waals surface area contributed by atoms with Crippen LogP contribution < -0.4 is 9.64 Å². The van der Waals surface area contributed by atoms with Gasteiger partial charge in [0, 0.05) is 11.6 Å². The second kappa shape index (κ2) is 6.92. The molecule has 2 aromatic rings. The molecule has 0 N–H and O–H groups in total. The van der Waals surface area contributed by atoms with Crippen molar-refractivity contribution in [2.45, 2.75) is 17.6 Å². The predicted molar refractivity (Wildman–Crippen MR) is 92.3 cm³/mol. The maximum Gasteiger partial charge on any atom is 0.400 e. The zero-order valence-corrected chi connectivity index (χ0v) is 15.0. The van der Waals surface area contributed by atoms with Crippen LogP contribution >= 0.6 is 11.6 Å². The number of hydrogen-bond donors (Lipinski definition) is 0. The lowest BCUT2D eigenvalue weighted by Gasteiger charge is -2.20. The molecular formula is C17H13ClF3NO3S. The molecule has 0 saturated heterocycles. The molecule has 138 valence electrons. The van der Waals surface area contributed by atoms with Crippen LogP contribution in [0, 0.1) is 0 Å². The molecule has 26 heavy (non-hydrogen) atoms. The zero-order chi connectivity index (χ0) is 19.1. The lowest BCUT2D eigenvalue weighted by atomic mass is 10.1. The third kappa shape index (κ3) is 3.57. The first-order valence-electron chi connectivity index (χ1n) is 7.43. The molecule has 3 rings (SSSR count). The summed E-state index contributed by atoms with van der Waals surface area (Å²) in [5, 5.41) is 0.121. The number of anilines is 1. The molecule has 0 radical (unpaired) electrons. The molecule has 0 aliphatic carbocycles. The average molecular weight is 404 g/mol. The van der Waals surface area contributed by atoms with Crippen molar-refractivity contribution in [2.75, 3.05) is 17.8 Å². The molecule has 0 bridgehead atoms. The number of fused-ring (bicyclic) bond motifs is 1. The first kappa shape index (κ1) is 18.7. The summed E-state index contributed by atoms with van der Waals surface area (Å²) in [6.45, 7) is 0.229. The number of nitrogens with zero attached hydrogens (tertiary/aromatic N) is 1. The topological polar surface area (TPSA) is 46.6 Å². The Kier molecular flexibility index (Phi) is 4.98. The molecule has 1 atom stereocenters. The van der Waals surface area contributed by atoms with Crippen LogP contribution in [0.2, 0.25) is 5.02 Å². The van der Waals surface area contributed by atoms with E-state index < -0.39 is 22.7 Å². The van der Waals surface area contributed by atoms with E-state index in [1.807, 2.05) is 0 Å². The van der Waals surface area contributed by atoms with Gasteiger partial charge in [0.1, 0.15) is 11.5 Å². The van der Waals surface area contributed by atoms with Crippen LogP contribution in [0.15, 0.2) is 41.3 Å². The van der Waals surface area contributed by atoms with E-state index in [9.17, 15) is 22.2 Å². The van der Waals surface area contributed by atoms with Crippen molar-refractivity contribution < 1.29 is 26.9 Å². The smallest absolute Gasteiger partial charge is 0.400 e. The first-order valence-corrected chi connectivity index (χ1v) is 9.13. The molecule has 1 heterocycles. The van der Waals surface area contributed by atoms with Gasteiger partial charge in [-0.15, -0.1) is 0 Å². The Morgan fingerprint density at radius 1 is 1.27 bits per heavy atom. The standard InChI is InChI=1S/C17H13ClF3NO3S/c1-25-14-6-12(18)13(7-15(14)26(24)9-17(19,20)21)22-8-10-4-2-3-5-11(10)16(22)23/h2-7H,8-9H2,1H3. The number of hydrogen-bond acceptors (Lipinski definition) is 3. The van der Waals surface area contributed by atoms with Gasteiger partial charge in [-0.05, 0) is 17.7 Å². The van der Waals surface area contributed by atoms with Gasteiger partial charge in [-0.3, -0.25) is 9.00 Å². The van der Waals surface area contributed by atoms with E-state index in [2.05, 4.69) is 0 Å². The van der Waals surface area contributed by atoms with Crippen LogP contribution in [-0.4, -0.2) is 29.2 Å². The summed E-state index contributed by atoms with van der Waals surface area (Å²) in [5.74, 6) is -1.86. The summed E-state index contributed by atoms with van der Waals surface area (Å²) < 4.78 is 55.1. The quantitative estimate of drug-likeness (QED) is 0.769. The molecule has 0 spiro atoms. The summed E-state index contributed by atoms with van der Waals surface area (Å²) in [5.41, 5.74) is 1.47. The van der Waals surface area contributed by atoms with Gasteiger partial charge in [-0.1, -0.05) is 29.8 Å². The molecule has 1 aliphatic heterocycles. The lowest BCUT2D eigenvalue weighted by molar-refractivity contribution is -0.105. The summed E-state index contributed by atoms with van der Waals surface area (Å²) in [6.07, 6.45) is -4.60. The fraction of sp³-hybridized carbons (Fsp3) is 0.235.